The van der Waals surface area contributed by atoms with Crippen LogP contribution in [0.3, 0.4) is 0 Å². The van der Waals surface area contributed by atoms with Crippen LogP contribution in [-0.4, -0.2) is 25.0 Å². The third-order valence-corrected chi connectivity index (χ3v) is 3.93. The summed E-state index contributed by atoms with van der Waals surface area (Å²) >= 11 is 0. The number of para-hydroxylation sites is 1. The molecular formula is C18H18N2O3. The quantitative estimate of drug-likeness (QED) is 0.882. The molecule has 1 aliphatic rings. The number of imide groups is 1. The van der Waals surface area contributed by atoms with Gasteiger partial charge in [0.05, 0.1) is 19.2 Å². The Kier molecular flexibility index (Phi) is 4.02. The van der Waals surface area contributed by atoms with Crippen LogP contribution in [-0.2, 0) is 9.59 Å². The van der Waals surface area contributed by atoms with E-state index >= 15 is 0 Å². The topological polar surface area (TPSA) is 58.6 Å². The Hall–Kier alpha value is -2.82. The minimum Gasteiger partial charge on any atom is -0.497 e. The van der Waals surface area contributed by atoms with Gasteiger partial charge in [-0.15, -0.1) is 0 Å². The Labute approximate surface area is 134 Å². The van der Waals surface area contributed by atoms with Gasteiger partial charge in [-0.25, -0.2) is 4.90 Å². The molecule has 0 aliphatic carbocycles. The zero-order valence-corrected chi connectivity index (χ0v) is 13.1. The fourth-order valence-corrected chi connectivity index (χ4v) is 2.69. The van der Waals surface area contributed by atoms with Gasteiger partial charge in [0, 0.05) is 11.8 Å². The molecule has 23 heavy (non-hydrogen) atoms. The third-order valence-electron chi connectivity index (χ3n) is 3.93. The van der Waals surface area contributed by atoms with Crippen molar-refractivity contribution < 1.29 is 14.3 Å². The van der Waals surface area contributed by atoms with Gasteiger partial charge >= 0.3 is 0 Å². The van der Waals surface area contributed by atoms with Crippen LogP contribution in [0.5, 0.6) is 5.75 Å². The van der Waals surface area contributed by atoms with Crippen LogP contribution in [0.25, 0.3) is 0 Å². The van der Waals surface area contributed by atoms with Crippen LogP contribution in [0.1, 0.15) is 12.0 Å². The van der Waals surface area contributed by atoms with E-state index in [4.69, 9.17) is 4.74 Å². The summed E-state index contributed by atoms with van der Waals surface area (Å²) in [5.41, 5.74) is 2.44. The molecule has 0 unspecified atom stereocenters. The highest BCUT2D eigenvalue weighted by atomic mass is 16.5. The molecule has 1 atom stereocenters. The van der Waals surface area contributed by atoms with E-state index in [9.17, 15) is 9.59 Å². The highest BCUT2D eigenvalue weighted by molar-refractivity contribution is 6.23. The molecule has 3 rings (SSSR count). The summed E-state index contributed by atoms with van der Waals surface area (Å²) in [6.45, 7) is 1.96. The van der Waals surface area contributed by atoms with Crippen molar-refractivity contribution in [3.63, 3.8) is 0 Å². The Morgan fingerprint density at radius 1 is 1.13 bits per heavy atom. The van der Waals surface area contributed by atoms with Crippen molar-refractivity contribution in [3.05, 3.63) is 54.1 Å². The molecular weight excluding hydrogens is 292 g/mol. The van der Waals surface area contributed by atoms with Crippen LogP contribution in [0.2, 0.25) is 0 Å². The number of nitrogens with one attached hydrogen (secondary N) is 1. The van der Waals surface area contributed by atoms with Crippen LogP contribution < -0.4 is 15.0 Å². The molecule has 2 aromatic rings. The van der Waals surface area contributed by atoms with Crippen molar-refractivity contribution in [3.8, 4) is 5.75 Å². The van der Waals surface area contributed by atoms with E-state index < -0.39 is 6.04 Å². The zero-order valence-electron chi connectivity index (χ0n) is 13.1. The molecule has 118 valence electrons. The van der Waals surface area contributed by atoms with Gasteiger partial charge in [-0.3, -0.25) is 9.59 Å². The number of carbonyl (C=O) groups excluding carboxylic acids is 2. The summed E-state index contributed by atoms with van der Waals surface area (Å²) in [6.07, 6.45) is 0.143. The normalized spacial score (nSPS) is 17.5. The molecule has 1 fully saturated rings. The largest absolute Gasteiger partial charge is 0.497 e. The molecule has 0 aromatic heterocycles. The second kappa shape index (κ2) is 6.12. The van der Waals surface area contributed by atoms with Gasteiger partial charge in [-0.05, 0) is 30.7 Å². The standard InChI is InChI=1S/C18H18N2O3/c1-12-6-3-4-9-15(12)19-16-11-17(21)20(18(16)22)13-7-5-8-14(10-13)23-2/h3-10,16,19H,11H2,1-2H3/t16-/m1/s1. The van der Waals surface area contributed by atoms with Gasteiger partial charge in [0.1, 0.15) is 11.8 Å². The molecule has 0 bridgehead atoms. The van der Waals surface area contributed by atoms with Crippen molar-refractivity contribution in [2.24, 2.45) is 0 Å². The Bertz CT molecular complexity index is 757. The highest BCUT2D eigenvalue weighted by Gasteiger charge is 2.39. The first-order chi connectivity index (χ1) is 11.1. The van der Waals surface area contributed by atoms with Gasteiger partial charge in [-0.2, -0.15) is 0 Å². The Balaban J connectivity index is 1.84. The van der Waals surface area contributed by atoms with Gasteiger partial charge in [-0.1, -0.05) is 24.3 Å². The lowest BCUT2D eigenvalue weighted by Gasteiger charge is -2.17. The predicted molar refractivity (Wildman–Crippen MR) is 88.7 cm³/mol. The first kappa shape index (κ1) is 15.1. The zero-order chi connectivity index (χ0) is 16.4. The van der Waals surface area contributed by atoms with E-state index in [1.165, 1.54) is 4.90 Å². The summed E-state index contributed by atoms with van der Waals surface area (Å²) in [7, 11) is 1.55. The summed E-state index contributed by atoms with van der Waals surface area (Å²) in [4.78, 5) is 26.1. The number of carbonyl (C=O) groups is 2. The third kappa shape index (κ3) is 2.90. The summed E-state index contributed by atoms with van der Waals surface area (Å²) in [6, 6.07) is 14.1. The first-order valence-electron chi connectivity index (χ1n) is 7.43. The van der Waals surface area contributed by atoms with Crippen molar-refractivity contribution in [1.82, 2.24) is 0 Å². The average molecular weight is 310 g/mol. The maximum atomic E-state index is 12.6. The minimum atomic E-state index is -0.546. The van der Waals surface area contributed by atoms with E-state index in [2.05, 4.69) is 5.32 Å². The molecule has 0 saturated carbocycles. The van der Waals surface area contributed by atoms with Crippen LogP contribution in [0.4, 0.5) is 11.4 Å². The van der Waals surface area contributed by atoms with Gasteiger partial charge in [0.25, 0.3) is 5.91 Å². The molecule has 2 aromatic carbocycles. The van der Waals surface area contributed by atoms with Crippen LogP contribution in [0, 0.1) is 6.92 Å². The molecule has 0 spiro atoms. The molecule has 1 N–H and O–H groups in total. The molecule has 5 heteroatoms. The van der Waals surface area contributed by atoms with Crippen molar-refractivity contribution in [2.45, 2.75) is 19.4 Å². The second-order valence-electron chi connectivity index (χ2n) is 5.48. The lowest BCUT2D eigenvalue weighted by molar-refractivity contribution is -0.121. The fraction of sp³-hybridized carbons (Fsp3) is 0.222. The summed E-state index contributed by atoms with van der Waals surface area (Å²) in [5.74, 6) is 0.152. The maximum absolute atomic E-state index is 12.6. The number of hydrogen-bond donors (Lipinski definition) is 1. The van der Waals surface area contributed by atoms with E-state index in [1.807, 2.05) is 31.2 Å². The van der Waals surface area contributed by atoms with Crippen molar-refractivity contribution >= 4 is 23.2 Å². The smallest absolute Gasteiger partial charge is 0.256 e. The number of nitrogens with zero attached hydrogens (tertiary/aromatic N) is 1. The molecule has 1 aliphatic heterocycles. The van der Waals surface area contributed by atoms with E-state index in [0.717, 1.165) is 11.3 Å². The van der Waals surface area contributed by atoms with E-state index in [-0.39, 0.29) is 18.2 Å². The minimum absolute atomic E-state index is 0.143. The molecule has 2 amide bonds. The highest BCUT2D eigenvalue weighted by Crippen LogP contribution is 2.28. The summed E-state index contributed by atoms with van der Waals surface area (Å²) in [5, 5.41) is 3.17. The summed E-state index contributed by atoms with van der Waals surface area (Å²) < 4.78 is 5.16. The number of hydrogen-bond acceptors (Lipinski definition) is 4. The van der Waals surface area contributed by atoms with E-state index in [1.54, 1.807) is 31.4 Å². The maximum Gasteiger partial charge on any atom is 0.256 e. The molecule has 1 saturated heterocycles. The number of benzene rings is 2. The van der Waals surface area contributed by atoms with Crippen molar-refractivity contribution in [1.29, 1.82) is 0 Å². The van der Waals surface area contributed by atoms with E-state index in [0.29, 0.717) is 11.4 Å². The number of ether oxygens (including phenoxy) is 1. The SMILES string of the molecule is COc1cccc(N2C(=O)C[C@@H](Nc3ccccc3C)C2=O)c1. The predicted octanol–water partition coefficient (Wildman–Crippen LogP) is 2.75. The monoisotopic (exact) mass is 310 g/mol. The number of amides is 2. The second-order valence-corrected chi connectivity index (χ2v) is 5.48. The van der Waals surface area contributed by atoms with Crippen molar-refractivity contribution in [2.75, 3.05) is 17.3 Å². The number of methoxy groups -OCH3 is 1. The fourth-order valence-electron chi connectivity index (χ4n) is 2.69. The first-order valence-corrected chi connectivity index (χ1v) is 7.43. The molecule has 0 radical (unpaired) electrons. The Morgan fingerprint density at radius 3 is 2.65 bits per heavy atom. The van der Waals surface area contributed by atoms with Gasteiger partial charge < -0.3 is 10.1 Å². The number of anilines is 2. The number of rotatable bonds is 4. The number of aryl methyl sites for hydroxylation is 1. The Morgan fingerprint density at radius 2 is 1.91 bits per heavy atom. The van der Waals surface area contributed by atoms with Crippen LogP contribution in [0.15, 0.2) is 48.5 Å². The van der Waals surface area contributed by atoms with Gasteiger partial charge in [0.15, 0.2) is 0 Å². The molecule has 5 nitrogen and oxygen atoms in total. The lowest BCUT2D eigenvalue weighted by atomic mass is 10.1. The average Bonchev–Trinajstić information content (AvgIpc) is 2.83. The van der Waals surface area contributed by atoms with Gasteiger partial charge in [0.2, 0.25) is 5.91 Å². The molecule has 1 heterocycles. The lowest BCUT2D eigenvalue weighted by Crippen LogP contribution is -2.34. The van der Waals surface area contributed by atoms with Crippen LogP contribution >= 0.6 is 0 Å².